The monoisotopic (exact) mass is 438 g/mol. The minimum absolute atomic E-state index is 0. The lowest BCUT2D eigenvalue weighted by Gasteiger charge is -2.35. The van der Waals surface area contributed by atoms with Crippen LogP contribution in [0.3, 0.4) is 0 Å². The van der Waals surface area contributed by atoms with E-state index in [1.54, 1.807) is 0 Å². The van der Waals surface area contributed by atoms with Gasteiger partial charge in [0.1, 0.15) is 0 Å². The maximum atomic E-state index is 5.78. The van der Waals surface area contributed by atoms with Crippen LogP contribution >= 0.6 is 24.0 Å². The van der Waals surface area contributed by atoms with Gasteiger partial charge >= 0.3 is 0 Å². The van der Waals surface area contributed by atoms with E-state index in [4.69, 9.17) is 4.74 Å². The Bertz CT molecular complexity index is 337. The molecular weight excluding hydrogens is 403 g/mol. The van der Waals surface area contributed by atoms with Gasteiger partial charge in [0, 0.05) is 39.3 Å². The number of halogens is 1. The third kappa shape index (κ3) is 8.03. The zero-order valence-corrected chi connectivity index (χ0v) is 17.3. The highest BCUT2D eigenvalue weighted by Gasteiger charge is 2.21. The first-order chi connectivity index (χ1) is 10.7. The molecule has 136 valence electrons. The Kier molecular flexibility index (Phi) is 10.5. The number of hydrogen-bond acceptors (Lipinski definition) is 3. The van der Waals surface area contributed by atoms with Crippen LogP contribution in [-0.4, -0.2) is 62.3 Å². The van der Waals surface area contributed by atoms with Crippen LogP contribution in [0.1, 0.15) is 52.4 Å². The summed E-state index contributed by atoms with van der Waals surface area (Å²) in [6, 6.07) is 0.612. The lowest BCUT2D eigenvalue weighted by Crippen LogP contribution is -2.47. The summed E-state index contributed by atoms with van der Waals surface area (Å²) in [5.41, 5.74) is 0. The SMILES string of the molecule is CN=C(NCCCN1CC(C)OC(C)C1)NC1CCCCC1.I. The molecule has 6 heteroatoms. The highest BCUT2D eigenvalue weighted by Crippen LogP contribution is 2.17. The standard InChI is InChI=1S/C17H34N4O.HI/c1-14-12-21(13-15(2)22-14)11-7-10-19-17(18-3)20-16-8-5-4-6-9-16;/h14-16H,4-13H2,1-3H3,(H2,18,19,20);1H. The average Bonchev–Trinajstić information content (AvgIpc) is 2.50. The topological polar surface area (TPSA) is 48.9 Å². The van der Waals surface area contributed by atoms with Gasteiger partial charge in [-0.15, -0.1) is 24.0 Å². The quantitative estimate of drug-likeness (QED) is 0.300. The number of aliphatic imine (C=N–C) groups is 1. The molecule has 0 aromatic carbocycles. The maximum Gasteiger partial charge on any atom is 0.191 e. The van der Waals surface area contributed by atoms with Crippen LogP contribution in [0.15, 0.2) is 4.99 Å². The predicted molar refractivity (Wildman–Crippen MR) is 108 cm³/mol. The summed E-state index contributed by atoms with van der Waals surface area (Å²) in [4.78, 5) is 6.86. The normalized spacial score (nSPS) is 27.3. The summed E-state index contributed by atoms with van der Waals surface area (Å²) < 4.78 is 5.78. The van der Waals surface area contributed by atoms with Gasteiger partial charge in [0.2, 0.25) is 0 Å². The van der Waals surface area contributed by atoms with E-state index in [0.29, 0.717) is 18.2 Å². The number of guanidine groups is 1. The van der Waals surface area contributed by atoms with Gasteiger partial charge in [0.15, 0.2) is 5.96 Å². The van der Waals surface area contributed by atoms with Crippen molar-refractivity contribution in [2.75, 3.05) is 33.2 Å². The van der Waals surface area contributed by atoms with Crippen LogP contribution in [0.4, 0.5) is 0 Å². The molecule has 0 amide bonds. The zero-order valence-electron chi connectivity index (χ0n) is 15.0. The van der Waals surface area contributed by atoms with Gasteiger partial charge in [0.25, 0.3) is 0 Å². The summed E-state index contributed by atoms with van der Waals surface area (Å²) in [5, 5.41) is 7.02. The van der Waals surface area contributed by atoms with E-state index in [-0.39, 0.29) is 24.0 Å². The molecule has 0 radical (unpaired) electrons. The van der Waals surface area contributed by atoms with Crippen molar-refractivity contribution in [3.63, 3.8) is 0 Å². The number of nitrogens with zero attached hydrogens (tertiary/aromatic N) is 2. The third-order valence-corrected chi connectivity index (χ3v) is 4.61. The molecule has 2 atom stereocenters. The molecular formula is C17H35IN4O. The summed E-state index contributed by atoms with van der Waals surface area (Å²) in [7, 11) is 1.86. The van der Waals surface area contributed by atoms with Crippen LogP contribution in [0.2, 0.25) is 0 Å². The molecule has 1 saturated carbocycles. The fourth-order valence-corrected chi connectivity index (χ4v) is 3.61. The fraction of sp³-hybridized carbons (Fsp3) is 0.941. The molecule has 2 fully saturated rings. The van der Waals surface area contributed by atoms with Gasteiger partial charge in [-0.25, -0.2) is 0 Å². The van der Waals surface area contributed by atoms with Crippen LogP contribution < -0.4 is 10.6 Å². The van der Waals surface area contributed by atoms with E-state index in [0.717, 1.165) is 38.6 Å². The molecule has 1 aliphatic carbocycles. The first-order valence-electron chi connectivity index (χ1n) is 9.02. The van der Waals surface area contributed by atoms with Gasteiger partial charge in [0.05, 0.1) is 12.2 Å². The highest BCUT2D eigenvalue weighted by atomic mass is 127. The van der Waals surface area contributed by atoms with E-state index < -0.39 is 0 Å². The van der Waals surface area contributed by atoms with Crippen LogP contribution in [-0.2, 0) is 4.74 Å². The van der Waals surface area contributed by atoms with Crippen molar-refractivity contribution in [2.24, 2.45) is 4.99 Å². The Hall–Kier alpha value is -0.0800. The molecule has 1 saturated heterocycles. The number of rotatable bonds is 5. The smallest absolute Gasteiger partial charge is 0.191 e. The summed E-state index contributed by atoms with van der Waals surface area (Å²) in [6.07, 6.45) is 8.51. The van der Waals surface area contributed by atoms with Crippen LogP contribution in [0, 0.1) is 0 Å². The van der Waals surface area contributed by atoms with E-state index in [2.05, 4.69) is 34.4 Å². The second-order valence-electron chi connectivity index (χ2n) is 6.85. The molecule has 2 N–H and O–H groups in total. The van der Waals surface area contributed by atoms with Crippen molar-refractivity contribution in [3.05, 3.63) is 0 Å². The van der Waals surface area contributed by atoms with Gasteiger partial charge < -0.3 is 15.4 Å². The Morgan fingerprint density at radius 3 is 2.39 bits per heavy atom. The number of ether oxygens (including phenoxy) is 1. The number of nitrogens with one attached hydrogen (secondary N) is 2. The number of morpholine rings is 1. The first kappa shape index (κ1) is 21.0. The minimum Gasteiger partial charge on any atom is -0.373 e. The second-order valence-corrected chi connectivity index (χ2v) is 6.85. The molecule has 0 aromatic rings. The molecule has 1 heterocycles. The largest absolute Gasteiger partial charge is 0.373 e. The Morgan fingerprint density at radius 1 is 1.13 bits per heavy atom. The Labute approximate surface area is 159 Å². The van der Waals surface area contributed by atoms with Gasteiger partial charge in [-0.2, -0.15) is 0 Å². The van der Waals surface area contributed by atoms with Crippen molar-refractivity contribution in [1.29, 1.82) is 0 Å². The van der Waals surface area contributed by atoms with Crippen LogP contribution in [0.25, 0.3) is 0 Å². The van der Waals surface area contributed by atoms with Crippen molar-refractivity contribution < 1.29 is 4.74 Å². The first-order valence-corrected chi connectivity index (χ1v) is 9.02. The molecule has 2 unspecified atom stereocenters. The van der Waals surface area contributed by atoms with Crippen molar-refractivity contribution in [2.45, 2.75) is 70.6 Å². The number of hydrogen-bond donors (Lipinski definition) is 2. The Morgan fingerprint density at radius 2 is 1.78 bits per heavy atom. The van der Waals surface area contributed by atoms with E-state index in [1.165, 1.54) is 32.1 Å². The average molecular weight is 438 g/mol. The van der Waals surface area contributed by atoms with Gasteiger partial charge in [-0.3, -0.25) is 9.89 Å². The molecule has 2 rings (SSSR count). The summed E-state index contributed by atoms with van der Waals surface area (Å²) in [6.45, 7) is 8.55. The molecule has 23 heavy (non-hydrogen) atoms. The van der Waals surface area contributed by atoms with Crippen molar-refractivity contribution >= 4 is 29.9 Å². The van der Waals surface area contributed by atoms with Crippen LogP contribution in [0.5, 0.6) is 0 Å². The van der Waals surface area contributed by atoms with E-state index in [1.807, 2.05) is 7.05 Å². The molecule has 0 spiro atoms. The molecule has 0 bridgehead atoms. The third-order valence-electron chi connectivity index (χ3n) is 4.61. The highest BCUT2D eigenvalue weighted by molar-refractivity contribution is 14.0. The van der Waals surface area contributed by atoms with Gasteiger partial charge in [-0.1, -0.05) is 19.3 Å². The predicted octanol–water partition coefficient (Wildman–Crippen LogP) is 2.60. The van der Waals surface area contributed by atoms with E-state index in [9.17, 15) is 0 Å². The molecule has 1 aliphatic heterocycles. The lowest BCUT2D eigenvalue weighted by molar-refractivity contribution is -0.0679. The van der Waals surface area contributed by atoms with Crippen molar-refractivity contribution in [3.8, 4) is 0 Å². The molecule has 2 aliphatic rings. The summed E-state index contributed by atoms with van der Waals surface area (Å²) in [5.74, 6) is 0.968. The lowest BCUT2D eigenvalue weighted by atomic mass is 9.96. The molecule has 5 nitrogen and oxygen atoms in total. The van der Waals surface area contributed by atoms with Crippen molar-refractivity contribution in [1.82, 2.24) is 15.5 Å². The van der Waals surface area contributed by atoms with Gasteiger partial charge in [-0.05, 0) is 33.1 Å². The second kappa shape index (κ2) is 11.5. The zero-order chi connectivity index (χ0) is 15.8. The Balaban J connectivity index is 0.00000264. The minimum atomic E-state index is 0. The summed E-state index contributed by atoms with van der Waals surface area (Å²) >= 11 is 0. The molecule has 0 aromatic heterocycles. The van der Waals surface area contributed by atoms with E-state index >= 15 is 0 Å². The fourth-order valence-electron chi connectivity index (χ4n) is 3.61. The maximum absolute atomic E-state index is 5.78.